The van der Waals surface area contributed by atoms with Gasteiger partial charge >= 0.3 is 0 Å². The highest BCUT2D eigenvalue weighted by Gasteiger charge is 2.35. The number of amides is 2. The molecule has 4 nitrogen and oxygen atoms in total. The van der Waals surface area contributed by atoms with Gasteiger partial charge in [0.05, 0.1) is 22.5 Å². The Morgan fingerprint density at radius 3 is 1.18 bits per heavy atom. The van der Waals surface area contributed by atoms with Gasteiger partial charge in [-0.05, 0) is 55.5 Å². The number of fused-ring (bicyclic) bond motifs is 5. The van der Waals surface area contributed by atoms with Crippen molar-refractivity contribution in [3.8, 4) is 10.4 Å². The zero-order valence-corrected chi connectivity index (χ0v) is 38.6. The Kier molecular flexibility index (Phi) is 16.1. The molecule has 3 heterocycles. The van der Waals surface area contributed by atoms with Gasteiger partial charge in [-0.25, -0.2) is 0 Å². The van der Waals surface area contributed by atoms with Gasteiger partial charge in [0.2, 0.25) is 0 Å². The fraction of sp³-hybridized carbons (Fsp3) is 0.464. The van der Waals surface area contributed by atoms with Gasteiger partial charge in [-0.15, -0.1) is 11.3 Å². The summed E-state index contributed by atoms with van der Waals surface area (Å²) in [6, 6.07) is 30.1. The largest absolute Gasteiger partial charge is 0.307 e. The molecule has 0 unspecified atom stereocenters. The van der Waals surface area contributed by atoms with Crippen molar-refractivity contribution in [2.45, 2.75) is 156 Å². The fourth-order valence-corrected chi connectivity index (χ4v) is 10.5. The standard InChI is InChI=1S/C56H70N2O2S/c1-5-7-9-11-13-15-17-19-21-23-39-57-53-46-35-37-49-52(45-32-30-43(31-33-45)50-38-27-42(4)61-50)56(60)58(40-24-22-20-18-16-14-12-10-8-6-2)54(49)47(46)34-36-48(53)51(55(57)59)44-28-25-41(3)26-29-44/h25-38H,5-24,39-40H2,1-4H3. The van der Waals surface area contributed by atoms with Crippen LogP contribution in [-0.4, -0.2) is 24.9 Å². The second-order valence-corrected chi connectivity index (χ2v) is 19.2. The third-order valence-corrected chi connectivity index (χ3v) is 14.2. The number of anilines is 2. The molecule has 5 heteroatoms. The van der Waals surface area contributed by atoms with Gasteiger partial charge in [0.1, 0.15) is 0 Å². The summed E-state index contributed by atoms with van der Waals surface area (Å²) in [6.07, 6.45) is 25.1. The van der Waals surface area contributed by atoms with Crippen molar-refractivity contribution in [3.63, 3.8) is 0 Å². The van der Waals surface area contributed by atoms with E-state index in [2.05, 4.69) is 122 Å². The van der Waals surface area contributed by atoms with Gasteiger partial charge in [0.15, 0.2) is 0 Å². The van der Waals surface area contributed by atoms with E-state index in [0.717, 1.165) is 80.5 Å². The number of carbonyl (C=O) groups is 2. The molecule has 0 spiro atoms. The van der Waals surface area contributed by atoms with Crippen molar-refractivity contribution >= 4 is 56.4 Å². The summed E-state index contributed by atoms with van der Waals surface area (Å²) < 4.78 is 0. The minimum Gasteiger partial charge on any atom is -0.307 e. The van der Waals surface area contributed by atoms with Crippen LogP contribution in [0.15, 0.2) is 84.9 Å². The minimum absolute atomic E-state index is 0.0869. The van der Waals surface area contributed by atoms with Gasteiger partial charge in [-0.1, -0.05) is 208 Å². The summed E-state index contributed by atoms with van der Waals surface area (Å²) in [5.74, 6) is 0.179. The first-order valence-corrected chi connectivity index (χ1v) is 24.9. The van der Waals surface area contributed by atoms with Gasteiger partial charge in [0, 0.05) is 44.1 Å². The first-order valence-electron chi connectivity index (χ1n) is 24.1. The highest BCUT2D eigenvalue weighted by molar-refractivity contribution is 7.15. The number of carbonyl (C=O) groups excluding carboxylic acids is 2. The maximum atomic E-state index is 14.8. The lowest BCUT2D eigenvalue weighted by molar-refractivity contribution is -0.113. The van der Waals surface area contributed by atoms with Gasteiger partial charge in [-0.2, -0.15) is 0 Å². The predicted molar refractivity (Wildman–Crippen MR) is 262 cm³/mol. The zero-order valence-electron chi connectivity index (χ0n) is 37.8. The molecule has 0 radical (unpaired) electrons. The lowest BCUT2D eigenvalue weighted by atomic mass is 9.98. The Labute approximate surface area is 370 Å². The Bertz CT molecular complexity index is 2370. The summed E-state index contributed by atoms with van der Waals surface area (Å²) in [7, 11) is 0. The molecule has 0 aliphatic carbocycles. The van der Waals surface area contributed by atoms with E-state index in [-0.39, 0.29) is 11.8 Å². The van der Waals surface area contributed by atoms with Crippen LogP contribution in [0, 0.1) is 13.8 Å². The quantitative estimate of drug-likeness (QED) is 0.0550. The van der Waals surface area contributed by atoms with E-state index in [0.29, 0.717) is 13.1 Å². The molecule has 0 saturated carbocycles. The lowest BCUT2D eigenvalue weighted by Crippen LogP contribution is -2.30. The van der Waals surface area contributed by atoms with Crippen molar-refractivity contribution in [2.24, 2.45) is 0 Å². The monoisotopic (exact) mass is 835 g/mol. The second-order valence-electron chi connectivity index (χ2n) is 17.9. The molecule has 2 aliphatic heterocycles. The zero-order chi connectivity index (χ0) is 42.6. The number of hydrogen-bond donors (Lipinski definition) is 0. The topological polar surface area (TPSA) is 40.6 Å². The van der Waals surface area contributed by atoms with E-state index < -0.39 is 0 Å². The Balaban J connectivity index is 1.20. The average Bonchev–Trinajstić information content (AvgIpc) is 3.93. The van der Waals surface area contributed by atoms with E-state index in [1.54, 1.807) is 11.3 Å². The summed E-state index contributed by atoms with van der Waals surface area (Å²) in [5, 5.41) is 4.12. The summed E-state index contributed by atoms with van der Waals surface area (Å²) in [4.78, 5) is 36.1. The van der Waals surface area contributed by atoms with Crippen LogP contribution in [0.1, 0.15) is 164 Å². The maximum Gasteiger partial charge on any atom is 0.259 e. The molecule has 322 valence electrons. The molecule has 7 rings (SSSR count). The number of aryl methyl sites for hydroxylation is 2. The van der Waals surface area contributed by atoms with Crippen molar-refractivity contribution in [2.75, 3.05) is 22.9 Å². The molecule has 0 atom stereocenters. The third-order valence-electron chi connectivity index (χ3n) is 13.1. The van der Waals surface area contributed by atoms with E-state index in [9.17, 15) is 9.59 Å². The number of thiophene rings is 1. The Hall–Kier alpha value is -4.48. The van der Waals surface area contributed by atoms with E-state index in [1.807, 2.05) is 0 Å². The minimum atomic E-state index is 0.0869. The van der Waals surface area contributed by atoms with Gasteiger partial charge in [-0.3, -0.25) is 9.59 Å². The van der Waals surface area contributed by atoms with Crippen LogP contribution >= 0.6 is 11.3 Å². The van der Waals surface area contributed by atoms with Crippen LogP contribution < -0.4 is 20.2 Å². The van der Waals surface area contributed by atoms with Crippen molar-refractivity contribution in [1.29, 1.82) is 0 Å². The number of rotatable bonds is 25. The lowest BCUT2D eigenvalue weighted by Gasteiger charge is -2.23. The van der Waals surface area contributed by atoms with E-state index >= 15 is 0 Å². The van der Waals surface area contributed by atoms with Crippen molar-refractivity contribution in [3.05, 3.63) is 117 Å². The molecular formula is C56H70N2O2S. The predicted octanol–water partition coefficient (Wildman–Crippen LogP) is 14.1. The van der Waals surface area contributed by atoms with Crippen LogP contribution in [0.25, 0.3) is 32.4 Å². The molecule has 1 aromatic heterocycles. The SMILES string of the molecule is CCCCCCCCCCCCN1C(=O)C(c2ccc(C)cc2)=c2ccc3c4c(ccc3c21)=C(c1ccc(-c2ccc(C)s2)cc1)C(=O)N4CCCCCCCCCCCC. The first kappa shape index (κ1) is 44.6. The highest BCUT2D eigenvalue weighted by Crippen LogP contribution is 2.38. The highest BCUT2D eigenvalue weighted by atomic mass is 32.1. The number of hydrogen-bond acceptors (Lipinski definition) is 3. The summed E-state index contributed by atoms with van der Waals surface area (Å²) in [6.45, 7) is 10.2. The van der Waals surface area contributed by atoms with Crippen LogP contribution in [-0.2, 0) is 9.59 Å². The van der Waals surface area contributed by atoms with Gasteiger partial charge in [0.25, 0.3) is 11.8 Å². The third kappa shape index (κ3) is 10.6. The normalized spacial score (nSPS) is 13.6. The summed E-state index contributed by atoms with van der Waals surface area (Å²) >= 11 is 1.80. The molecular weight excluding hydrogens is 765 g/mol. The smallest absolute Gasteiger partial charge is 0.259 e. The van der Waals surface area contributed by atoms with E-state index in [1.165, 1.54) is 124 Å². The number of benzene rings is 4. The fourth-order valence-electron chi connectivity index (χ4n) is 9.67. The maximum absolute atomic E-state index is 14.8. The molecule has 61 heavy (non-hydrogen) atoms. The van der Waals surface area contributed by atoms with Crippen molar-refractivity contribution < 1.29 is 9.59 Å². The van der Waals surface area contributed by atoms with Crippen LogP contribution in [0.3, 0.4) is 0 Å². The van der Waals surface area contributed by atoms with Crippen LogP contribution in [0.5, 0.6) is 0 Å². The van der Waals surface area contributed by atoms with Crippen molar-refractivity contribution in [1.82, 2.24) is 0 Å². The molecule has 2 aliphatic rings. The van der Waals surface area contributed by atoms with E-state index in [4.69, 9.17) is 0 Å². The molecule has 4 aromatic carbocycles. The molecule has 0 saturated heterocycles. The number of nitrogens with zero attached hydrogens (tertiary/aromatic N) is 2. The molecule has 0 N–H and O–H groups in total. The molecule has 0 bridgehead atoms. The molecule has 5 aromatic rings. The second kappa shape index (κ2) is 22.0. The Morgan fingerprint density at radius 1 is 0.410 bits per heavy atom. The average molecular weight is 835 g/mol. The van der Waals surface area contributed by atoms with Crippen LogP contribution in [0.4, 0.5) is 11.4 Å². The molecule has 2 amide bonds. The first-order chi connectivity index (χ1) is 29.9. The van der Waals surface area contributed by atoms with Gasteiger partial charge < -0.3 is 9.80 Å². The summed E-state index contributed by atoms with van der Waals surface area (Å²) in [5.41, 5.74) is 7.87. The number of unbranched alkanes of at least 4 members (excludes halogenated alkanes) is 18. The Morgan fingerprint density at radius 2 is 0.787 bits per heavy atom. The molecule has 0 fully saturated rings. The van der Waals surface area contributed by atoms with Crippen LogP contribution in [0.2, 0.25) is 0 Å².